The third kappa shape index (κ3) is 5.71. The van der Waals surface area contributed by atoms with Crippen molar-refractivity contribution < 1.29 is 17.9 Å². The number of carbonyl (C=O) groups is 1. The fourth-order valence-electron chi connectivity index (χ4n) is 1.81. The highest BCUT2D eigenvalue weighted by molar-refractivity contribution is 7.90. The van der Waals surface area contributed by atoms with Gasteiger partial charge >= 0.3 is 15.0 Å². The van der Waals surface area contributed by atoms with Crippen molar-refractivity contribution in [3.05, 3.63) is 44.8 Å². The second-order valence-corrected chi connectivity index (χ2v) is 9.28. The minimum atomic E-state index is -4.05. The van der Waals surface area contributed by atoms with Crippen molar-refractivity contribution in [3.63, 3.8) is 0 Å². The Hall–Kier alpha value is -1.60. The molecule has 0 unspecified atom stereocenters. The van der Waals surface area contributed by atoms with Crippen LogP contribution < -0.4 is 5.43 Å². The lowest BCUT2D eigenvalue weighted by Crippen LogP contribution is -2.44. The first-order chi connectivity index (χ1) is 12.2. The molecule has 2 aromatic heterocycles. The zero-order valence-corrected chi connectivity index (χ0v) is 17.9. The van der Waals surface area contributed by atoms with Gasteiger partial charge in [-0.1, -0.05) is 29.0 Å². The van der Waals surface area contributed by atoms with E-state index >= 15 is 0 Å². The van der Waals surface area contributed by atoms with Crippen LogP contribution in [-0.4, -0.2) is 53.9 Å². The summed E-state index contributed by atoms with van der Waals surface area (Å²) in [4.78, 5) is 14.2. The Morgan fingerprint density at radius 1 is 1.23 bits per heavy atom. The molecular weight excluding hydrogens is 433 g/mol. The Morgan fingerprint density at radius 2 is 1.81 bits per heavy atom. The SMILES string of the molecule is CN(NC(=O)CS(=O)(=O)N=[N+](C)C(=S)c1cccs1)C(=S)c1cccs1. The molecule has 0 bridgehead atoms. The lowest BCUT2D eigenvalue weighted by Gasteiger charge is -2.19. The molecule has 2 aromatic rings. The molecule has 26 heavy (non-hydrogen) atoms. The number of rotatable bonds is 5. The van der Waals surface area contributed by atoms with Crippen LogP contribution in [0.3, 0.4) is 0 Å². The van der Waals surface area contributed by atoms with Crippen molar-refractivity contribution >= 4 is 73.0 Å². The summed E-state index contributed by atoms with van der Waals surface area (Å²) in [7, 11) is -1.08. The molecule has 0 atom stereocenters. The van der Waals surface area contributed by atoms with Crippen LogP contribution in [0.15, 0.2) is 39.5 Å². The number of thiocarbonyl (C=S) groups is 2. The van der Waals surface area contributed by atoms with Gasteiger partial charge in [0.1, 0.15) is 9.87 Å². The summed E-state index contributed by atoms with van der Waals surface area (Å²) in [6.45, 7) is 0. The monoisotopic (exact) mass is 447 g/mol. The number of amides is 1. The number of nitrogens with zero attached hydrogens (tertiary/aromatic N) is 3. The zero-order chi connectivity index (χ0) is 19.3. The predicted molar refractivity (Wildman–Crippen MR) is 110 cm³/mol. The fourth-order valence-corrected chi connectivity index (χ4v) is 4.68. The van der Waals surface area contributed by atoms with E-state index in [9.17, 15) is 13.2 Å². The van der Waals surface area contributed by atoms with E-state index in [1.165, 1.54) is 34.7 Å². The summed E-state index contributed by atoms with van der Waals surface area (Å²) in [5.41, 5.74) is 2.43. The van der Waals surface area contributed by atoms with Gasteiger partial charge in [0.15, 0.2) is 12.8 Å². The largest absolute Gasteiger partial charge is 0.316 e. The van der Waals surface area contributed by atoms with E-state index in [1.807, 2.05) is 22.9 Å². The third-order valence-electron chi connectivity index (χ3n) is 2.92. The van der Waals surface area contributed by atoms with Crippen LogP contribution in [0.2, 0.25) is 0 Å². The average Bonchev–Trinajstić information content (AvgIpc) is 3.25. The van der Waals surface area contributed by atoms with Gasteiger partial charge in [0.25, 0.3) is 5.91 Å². The molecule has 0 aromatic carbocycles. The zero-order valence-electron chi connectivity index (χ0n) is 13.8. The van der Waals surface area contributed by atoms with Crippen LogP contribution in [0.5, 0.6) is 0 Å². The molecule has 2 rings (SSSR count). The lowest BCUT2D eigenvalue weighted by molar-refractivity contribution is -0.433. The highest BCUT2D eigenvalue weighted by Crippen LogP contribution is 2.12. The summed E-state index contributed by atoms with van der Waals surface area (Å²) in [5.74, 6) is -1.56. The van der Waals surface area contributed by atoms with Gasteiger partial charge in [-0.05, 0) is 35.1 Å². The second kappa shape index (κ2) is 8.86. The van der Waals surface area contributed by atoms with E-state index in [0.29, 0.717) is 9.87 Å². The summed E-state index contributed by atoms with van der Waals surface area (Å²) in [5, 5.41) is 4.98. The van der Waals surface area contributed by atoms with Gasteiger partial charge in [-0.3, -0.25) is 15.2 Å². The van der Waals surface area contributed by atoms with Crippen molar-refractivity contribution in [2.24, 2.45) is 4.52 Å². The molecule has 0 spiro atoms. The van der Waals surface area contributed by atoms with Crippen LogP contribution in [0.1, 0.15) is 9.75 Å². The first-order valence-corrected chi connectivity index (χ1v) is 11.3. The first kappa shape index (κ1) is 20.7. The number of hydrazine groups is 1. The Labute approximate surface area is 170 Å². The van der Waals surface area contributed by atoms with E-state index in [1.54, 1.807) is 19.2 Å². The van der Waals surface area contributed by atoms with Crippen LogP contribution in [0, 0.1) is 0 Å². The number of hydrogen-bond acceptors (Lipinski definition) is 7. The molecule has 0 aliphatic heterocycles. The summed E-state index contributed by atoms with van der Waals surface area (Å²) in [6, 6.07) is 7.20. The van der Waals surface area contributed by atoms with Gasteiger partial charge in [0.05, 0.1) is 9.40 Å². The molecule has 0 radical (unpaired) electrons. The maximum absolute atomic E-state index is 12.1. The topological polar surface area (TPSA) is 81.9 Å². The Kier molecular flexibility index (Phi) is 7.06. The highest BCUT2D eigenvalue weighted by atomic mass is 32.2. The van der Waals surface area contributed by atoms with Crippen molar-refractivity contribution in [3.8, 4) is 0 Å². The normalized spacial score (nSPS) is 11.8. The number of sulfonamides is 1. The van der Waals surface area contributed by atoms with E-state index in [4.69, 9.17) is 24.4 Å². The Bertz CT molecular complexity index is 933. The van der Waals surface area contributed by atoms with Crippen molar-refractivity contribution in [1.82, 2.24) is 10.4 Å². The molecule has 1 amide bonds. The smallest absolute Gasteiger partial charge is 0.277 e. The van der Waals surface area contributed by atoms with Gasteiger partial charge < -0.3 is 0 Å². The quantitative estimate of drug-likeness (QED) is 0.328. The Balaban J connectivity index is 1.99. The van der Waals surface area contributed by atoms with Gasteiger partial charge in [-0.2, -0.15) is 8.42 Å². The van der Waals surface area contributed by atoms with Crippen molar-refractivity contribution in [2.75, 3.05) is 19.8 Å². The second-order valence-electron chi connectivity index (χ2n) is 4.99. The maximum Gasteiger partial charge on any atom is 0.316 e. The van der Waals surface area contributed by atoms with E-state index in [0.717, 1.165) is 9.57 Å². The van der Waals surface area contributed by atoms with E-state index in [-0.39, 0.29) is 4.99 Å². The average molecular weight is 448 g/mol. The number of carbonyl (C=O) groups excluding carboxylic acids is 1. The molecule has 0 aliphatic carbocycles. The third-order valence-corrected chi connectivity index (χ3v) is 7.03. The Morgan fingerprint density at radius 3 is 2.35 bits per heavy atom. The van der Waals surface area contributed by atoms with Crippen LogP contribution >= 0.6 is 47.1 Å². The highest BCUT2D eigenvalue weighted by Gasteiger charge is 2.24. The lowest BCUT2D eigenvalue weighted by atomic mass is 10.4. The minimum Gasteiger partial charge on any atom is -0.277 e. The van der Waals surface area contributed by atoms with Crippen LogP contribution in [0.25, 0.3) is 0 Å². The standard InChI is InChI=1S/C14H14N4O3S5/c1-17(13(22)10-5-3-7-24-10)15-12(19)9-26(20,21)16-18(2)14(23)11-6-4-8-25-11/h3-8H,9H2,1-2H3/p+1. The van der Waals surface area contributed by atoms with Crippen molar-refractivity contribution in [1.29, 1.82) is 0 Å². The summed E-state index contributed by atoms with van der Waals surface area (Å²) >= 11 is 13.2. The van der Waals surface area contributed by atoms with Crippen LogP contribution in [-0.2, 0) is 14.8 Å². The van der Waals surface area contributed by atoms with Crippen LogP contribution in [0.4, 0.5) is 0 Å². The predicted octanol–water partition coefficient (Wildman–Crippen LogP) is 2.25. The van der Waals surface area contributed by atoms with E-state index < -0.39 is 21.7 Å². The first-order valence-electron chi connectivity index (χ1n) is 7.08. The van der Waals surface area contributed by atoms with Gasteiger partial charge in [-0.25, -0.2) is 0 Å². The molecular formula is C14H15N4O3S5+. The van der Waals surface area contributed by atoms with Gasteiger partial charge in [0, 0.05) is 7.05 Å². The molecule has 0 saturated carbocycles. The molecule has 12 heteroatoms. The molecule has 0 aliphatic rings. The van der Waals surface area contributed by atoms with Crippen molar-refractivity contribution in [2.45, 2.75) is 0 Å². The van der Waals surface area contributed by atoms with Gasteiger partial charge in [0.2, 0.25) is 0 Å². The number of hydrogen-bond donors (Lipinski definition) is 1. The summed E-state index contributed by atoms with van der Waals surface area (Å²) in [6.07, 6.45) is 0. The van der Waals surface area contributed by atoms with Gasteiger partial charge in [-0.15, -0.1) is 22.7 Å². The minimum absolute atomic E-state index is 0.264. The van der Waals surface area contributed by atoms with E-state index in [2.05, 4.69) is 9.95 Å². The molecule has 1 N–H and O–H groups in total. The fraction of sp³-hybridized carbons (Fsp3) is 0.214. The number of nitrogens with one attached hydrogen (secondary N) is 1. The maximum atomic E-state index is 12.1. The molecule has 2 heterocycles. The molecule has 7 nitrogen and oxygen atoms in total. The summed E-state index contributed by atoms with van der Waals surface area (Å²) < 4.78 is 28.9. The number of thiophene rings is 2. The molecule has 0 saturated heterocycles. The molecule has 138 valence electrons. The molecule has 0 fully saturated rings.